The predicted molar refractivity (Wildman–Crippen MR) is 126 cm³/mol. The molecule has 2 fully saturated rings. The Balaban J connectivity index is 0.00000261. The Morgan fingerprint density at radius 2 is 1.90 bits per heavy atom. The van der Waals surface area contributed by atoms with Crippen molar-refractivity contribution in [2.75, 3.05) is 50.7 Å². The smallest absolute Gasteiger partial charge is 0.249 e. The number of benzene rings is 1. The molecular formula is C20H35Cl3N4O2. The number of nitrogens with zero attached hydrogens (tertiary/aromatic N) is 2. The van der Waals surface area contributed by atoms with Gasteiger partial charge in [0.25, 0.3) is 0 Å². The van der Waals surface area contributed by atoms with E-state index in [1.54, 1.807) is 0 Å². The molecule has 1 aromatic carbocycles. The van der Waals surface area contributed by atoms with Crippen LogP contribution in [0.3, 0.4) is 0 Å². The minimum absolute atomic E-state index is 0. The van der Waals surface area contributed by atoms with Gasteiger partial charge >= 0.3 is 0 Å². The van der Waals surface area contributed by atoms with Crippen LogP contribution in [-0.2, 0) is 9.53 Å². The maximum Gasteiger partial charge on any atom is 0.249 e. The number of carbonyl (C=O) groups excluding carboxylic acids is 1. The molecule has 3 N–H and O–H groups in total. The van der Waals surface area contributed by atoms with Gasteiger partial charge in [-0.1, -0.05) is 12.1 Å². The third kappa shape index (κ3) is 8.48. The van der Waals surface area contributed by atoms with E-state index in [-0.39, 0.29) is 55.3 Å². The lowest BCUT2D eigenvalue weighted by Crippen LogP contribution is -2.47. The maximum absolute atomic E-state index is 12.1. The number of hydrogen-bond donors (Lipinski definition) is 2. The Bertz CT molecular complexity index is 601. The third-order valence-electron chi connectivity index (χ3n) is 5.35. The SMILES string of the molecule is Cc1cccc(N2CCN(CCCNC(=O)[C@@H]3CC[C@H](CN)O3)CC2)c1.Cl.Cl.Cl. The number of halogens is 3. The zero-order chi connectivity index (χ0) is 18.4. The molecule has 0 spiro atoms. The molecule has 168 valence electrons. The fourth-order valence-electron chi connectivity index (χ4n) is 3.75. The number of piperazine rings is 1. The summed E-state index contributed by atoms with van der Waals surface area (Å²) >= 11 is 0. The van der Waals surface area contributed by atoms with Crippen molar-refractivity contribution in [3.05, 3.63) is 29.8 Å². The van der Waals surface area contributed by atoms with Crippen molar-refractivity contribution in [3.8, 4) is 0 Å². The molecule has 0 aromatic heterocycles. The lowest BCUT2D eigenvalue weighted by Gasteiger charge is -2.36. The molecule has 6 nitrogen and oxygen atoms in total. The number of nitrogens with two attached hydrogens (primary N) is 1. The van der Waals surface area contributed by atoms with Gasteiger partial charge in [-0.3, -0.25) is 9.69 Å². The predicted octanol–water partition coefficient (Wildman–Crippen LogP) is 2.40. The first-order chi connectivity index (χ1) is 12.7. The summed E-state index contributed by atoms with van der Waals surface area (Å²) in [5.41, 5.74) is 8.22. The van der Waals surface area contributed by atoms with Crippen LogP contribution in [0, 0.1) is 6.92 Å². The molecule has 2 heterocycles. The van der Waals surface area contributed by atoms with Gasteiger partial charge in [-0.15, -0.1) is 37.2 Å². The Morgan fingerprint density at radius 3 is 2.52 bits per heavy atom. The first-order valence-electron chi connectivity index (χ1n) is 9.83. The van der Waals surface area contributed by atoms with Crippen LogP contribution in [0.4, 0.5) is 5.69 Å². The number of carbonyl (C=O) groups is 1. The van der Waals surface area contributed by atoms with Crippen LogP contribution in [0.2, 0.25) is 0 Å². The molecule has 0 unspecified atom stereocenters. The summed E-state index contributed by atoms with van der Waals surface area (Å²) in [5, 5.41) is 3.01. The fraction of sp³-hybridized carbons (Fsp3) is 0.650. The number of nitrogens with one attached hydrogen (secondary N) is 1. The summed E-state index contributed by atoms with van der Waals surface area (Å²) in [7, 11) is 0. The number of amides is 1. The maximum atomic E-state index is 12.1. The minimum Gasteiger partial charge on any atom is -0.369 e. The van der Waals surface area contributed by atoms with E-state index in [0.717, 1.165) is 52.0 Å². The molecule has 1 aromatic rings. The van der Waals surface area contributed by atoms with Crippen LogP contribution in [0.25, 0.3) is 0 Å². The normalized spacial score (nSPS) is 21.5. The second kappa shape index (κ2) is 14.3. The van der Waals surface area contributed by atoms with Crippen molar-refractivity contribution in [3.63, 3.8) is 0 Å². The van der Waals surface area contributed by atoms with Gasteiger partial charge in [-0.2, -0.15) is 0 Å². The zero-order valence-corrected chi connectivity index (χ0v) is 19.5. The highest BCUT2D eigenvalue weighted by Gasteiger charge is 2.29. The van der Waals surface area contributed by atoms with E-state index in [4.69, 9.17) is 10.5 Å². The molecule has 2 aliphatic heterocycles. The standard InChI is InChI=1S/C20H32N4O2.3ClH/c1-16-4-2-5-17(14-16)24-12-10-23(11-13-24)9-3-8-22-20(25)19-7-6-18(15-21)26-19;;;/h2,4-5,14,18-19H,3,6-13,15,21H2,1H3,(H,22,25);3*1H/t18-,19+;;;/m1.../s1. The molecule has 9 heteroatoms. The minimum atomic E-state index is -0.304. The lowest BCUT2D eigenvalue weighted by atomic mass is 10.2. The summed E-state index contributed by atoms with van der Waals surface area (Å²) in [6.07, 6.45) is 2.40. The topological polar surface area (TPSA) is 70.8 Å². The van der Waals surface area contributed by atoms with Crippen molar-refractivity contribution < 1.29 is 9.53 Å². The fourth-order valence-corrected chi connectivity index (χ4v) is 3.75. The Morgan fingerprint density at radius 1 is 1.17 bits per heavy atom. The van der Waals surface area contributed by atoms with Gasteiger partial charge in [0.2, 0.25) is 5.91 Å². The second-order valence-electron chi connectivity index (χ2n) is 7.37. The highest BCUT2D eigenvalue weighted by molar-refractivity contribution is 5.86. The van der Waals surface area contributed by atoms with Gasteiger partial charge in [-0.25, -0.2) is 0 Å². The average Bonchev–Trinajstić information content (AvgIpc) is 3.15. The molecule has 0 bridgehead atoms. The highest BCUT2D eigenvalue weighted by Crippen LogP contribution is 2.19. The van der Waals surface area contributed by atoms with E-state index in [1.165, 1.54) is 11.3 Å². The van der Waals surface area contributed by atoms with Crippen LogP contribution in [-0.4, -0.2) is 68.8 Å². The van der Waals surface area contributed by atoms with Gasteiger partial charge in [0.05, 0.1) is 6.10 Å². The quantitative estimate of drug-likeness (QED) is 0.600. The van der Waals surface area contributed by atoms with Crippen LogP contribution in [0.1, 0.15) is 24.8 Å². The summed E-state index contributed by atoms with van der Waals surface area (Å²) in [6.45, 7) is 8.65. The first-order valence-corrected chi connectivity index (χ1v) is 9.83. The van der Waals surface area contributed by atoms with E-state index in [0.29, 0.717) is 13.1 Å². The Kier molecular flexibility index (Phi) is 13.9. The van der Waals surface area contributed by atoms with Crippen molar-refractivity contribution in [2.24, 2.45) is 5.73 Å². The van der Waals surface area contributed by atoms with E-state index in [2.05, 4.69) is 46.3 Å². The summed E-state index contributed by atoms with van der Waals surface area (Å²) in [4.78, 5) is 17.0. The van der Waals surface area contributed by atoms with Gasteiger partial charge in [0.1, 0.15) is 6.10 Å². The first kappa shape index (κ1) is 28.2. The molecule has 29 heavy (non-hydrogen) atoms. The number of rotatable bonds is 7. The van der Waals surface area contributed by atoms with Gasteiger partial charge in [-0.05, 0) is 50.4 Å². The van der Waals surface area contributed by atoms with E-state index in [1.807, 2.05) is 0 Å². The highest BCUT2D eigenvalue weighted by atomic mass is 35.5. The van der Waals surface area contributed by atoms with Crippen molar-refractivity contribution in [1.29, 1.82) is 0 Å². The molecule has 2 aliphatic rings. The molecule has 3 rings (SSSR count). The van der Waals surface area contributed by atoms with Crippen molar-refractivity contribution in [1.82, 2.24) is 10.2 Å². The molecule has 0 saturated carbocycles. The second-order valence-corrected chi connectivity index (χ2v) is 7.37. The van der Waals surface area contributed by atoms with E-state index in [9.17, 15) is 4.79 Å². The molecule has 2 atom stereocenters. The number of anilines is 1. The largest absolute Gasteiger partial charge is 0.369 e. The average molecular weight is 470 g/mol. The monoisotopic (exact) mass is 468 g/mol. The van der Waals surface area contributed by atoms with E-state index >= 15 is 0 Å². The number of ether oxygens (including phenoxy) is 1. The summed E-state index contributed by atoms with van der Waals surface area (Å²) in [5.74, 6) is 0.0187. The van der Waals surface area contributed by atoms with Crippen LogP contribution in [0.5, 0.6) is 0 Å². The zero-order valence-electron chi connectivity index (χ0n) is 17.0. The molecular weight excluding hydrogens is 435 g/mol. The lowest BCUT2D eigenvalue weighted by molar-refractivity contribution is -0.131. The number of aryl methyl sites for hydroxylation is 1. The molecule has 0 radical (unpaired) electrons. The number of hydrogen-bond acceptors (Lipinski definition) is 5. The summed E-state index contributed by atoms with van der Waals surface area (Å²) < 4.78 is 5.63. The third-order valence-corrected chi connectivity index (χ3v) is 5.35. The molecule has 1 amide bonds. The van der Waals surface area contributed by atoms with Crippen molar-refractivity contribution >= 4 is 48.8 Å². The molecule has 2 saturated heterocycles. The van der Waals surface area contributed by atoms with Gasteiger partial charge < -0.3 is 20.7 Å². The van der Waals surface area contributed by atoms with Crippen molar-refractivity contribution in [2.45, 2.75) is 38.4 Å². The van der Waals surface area contributed by atoms with Gasteiger partial charge in [0.15, 0.2) is 0 Å². The van der Waals surface area contributed by atoms with E-state index < -0.39 is 0 Å². The van der Waals surface area contributed by atoms with Crippen LogP contribution >= 0.6 is 37.2 Å². The van der Waals surface area contributed by atoms with Crippen LogP contribution in [0.15, 0.2) is 24.3 Å². The molecule has 0 aliphatic carbocycles. The van der Waals surface area contributed by atoms with Gasteiger partial charge in [0, 0.05) is 45.0 Å². The Labute approximate surface area is 193 Å². The summed E-state index contributed by atoms with van der Waals surface area (Å²) in [6, 6.07) is 8.72. The Hall–Kier alpha value is -0.760. The van der Waals surface area contributed by atoms with Crippen LogP contribution < -0.4 is 16.0 Å².